The van der Waals surface area contributed by atoms with Crippen molar-refractivity contribution in [2.75, 3.05) is 23.8 Å². The number of imidazole rings is 1. The number of thioether (sulfide) groups is 2. The van der Waals surface area contributed by atoms with Gasteiger partial charge in [-0.15, -0.1) is 34.9 Å². The van der Waals surface area contributed by atoms with E-state index in [0.717, 1.165) is 22.0 Å². The van der Waals surface area contributed by atoms with Crippen molar-refractivity contribution >= 4 is 69.3 Å². The minimum Gasteiger partial charge on any atom is -0.449 e. The van der Waals surface area contributed by atoms with Crippen LogP contribution in [-0.4, -0.2) is 77.6 Å². The molecule has 38 heavy (non-hydrogen) atoms. The predicted octanol–water partition coefficient (Wildman–Crippen LogP) is 2.21. The Morgan fingerprint density at radius 1 is 1.39 bits per heavy atom. The van der Waals surface area contributed by atoms with Crippen LogP contribution in [0.2, 0.25) is 0 Å². The van der Waals surface area contributed by atoms with Crippen molar-refractivity contribution in [2.45, 2.75) is 23.4 Å². The number of amides is 2. The van der Waals surface area contributed by atoms with Crippen LogP contribution in [0.4, 0.5) is 9.93 Å². The molecule has 3 aromatic rings. The number of nitrogens with two attached hydrogens (primary N) is 1. The molecule has 198 valence electrons. The first kappa shape index (κ1) is 25.9. The summed E-state index contributed by atoms with van der Waals surface area (Å²) in [5, 5.41) is 18.0. The number of nitrogens with zero attached hydrogens (tertiary/aromatic N) is 5. The molecule has 5 rings (SSSR count). The first-order chi connectivity index (χ1) is 18.4. The minimum absolute atomic E-state index is 0.0301. The average Bonchev–Trinajstić information content (AvgIpc) is 3.55. The van der Waals surface area contributed by atoms with Crippen LogP contribution in [0.15, 0.2) is 57.6 Å². The van der Waals surface area contributed by atoms with Gasteiger partial charge in [0.25, 0.3) is 11.8 Å². The summed E-state index contributed by atoms with van der Waals surface area (Å²) < 4.78 is 6.99. The van der Waals surface area contributed by atoms with Gasteiger partial charge in [-0.3, -0.25) is 18.9 Å². The molecule has 0 radical (unpaired) electrons. The van der Waals surface area contributed by atoms with Crippen LogP contribution >= 0.6 is 34.9 Å². The maximum absolute atomic E-state index is 13.1. The van der Waals surface area contributed by atoms with Gasteiger partial charge in [0, 0.05) is 34.9 Å². The lowest BCUT2D eigenvalue weighted by molar-refractivity contribution is -0.148. The molecule has 2 aliphatic heterocycles. The lowest BCUT2D eigenvalue weighted by atomic mass is 10.1. The van der Waals surface area contributed by atoms with Crippen LogP contribution < -0.4 is 11.1 Å². The number of β-lactam (4-membered cyclic amide) rings is 1. The summed E-state index contributed by atoms with van der Waals surface area (Å²) in [6.07, 6.45) is 2.00. The Labute approximate surface area is 228 Å². The molecule has 0 spiro atoms. The third kappa shape index (κ3) is 5.01. The second-order valence-corrected chi connectivity index (χ2v) is 10.9. The molecule has 2 atom stereocenters. The number of pyridine rings is 1. The second kappa shape index (κ2) is 10.9. The van der Waals surface area contributed by atoms with E-state index in [2.05, 4.69) is 20.4 Å². The van der Waals surface area contributed by atoms with Crippen LogP contribution in [0.5, 0.6) is 0 Å². The quantitative estimate of drug-likeness (QED) is 0.112. The summed E-state index contributed by atoms with van der Waals surface area (Å²) in [7, 11) is 0. The third-order valence-corrected chi connectivity index (χ3v) is 8.65. The molecule has 5 heterocycles. The Hall–Kier alpha value is -3.76. The van der Waals surface area contributed by atoms with Gasteiger partial charge in [-0.25, -0.2) is 14.8 Å². The number of hydrogen-bond acceptors (Lipinski definition) is 12. The van der Waals surface area contributed by atoms with Gasteiger partial charge < -0.3 is 25.7 Å². The van der Waals surface area contributed by atoms with Crippen molar-refractivity contribution in [2.24, 2.45) is 5.16 Å². The zero-order valence-corrected chi connectivity index (χ0v) is 22.2. The highest BCUT2D eigenvalue weighted by atomic mass is 32.2. The summed E-state index contributed by atoms with van der Waals surface area (Å²) >= 11 is 4.00. The fraction of sp³-hybridized carbons (Fsp3) is 0.273. The van der Waals surface area contributed by atoms with Crippen LogP contribution in [0.25, 0.3) is 5.65 Å². The number of carbonyl (C=O) groups excluding carboxylic acids is 2. The van der Waals surface area contributed by atoms with Gasteiger partial charge in [0.15, 0.2) is 10.8 Å². The van der Waals surface area contributed by atoms with E-state index in [0.29, 0.717) is 17.1 Å². The van der Waals surface area contributed by atoms with E-state index in [1.165, 1.54) is 28.4 Å². The van der Waals surface area contributed by atoms with Crippen LogP contribution in [0.3, 0.4) is 0 Å². The fourth-order valence-electron chi connectivity index (χ4n) is 3.85. The normalized spacial score (nSPS) is 19.2. The number of ether oxygens (including phenoxy) is 1. The van der Waals surface area contributed by atoms with Crippen LogP contribution in [0, 0.1) is 0 Å². The van der Waals surface area contributed by atoms with Gasteiger partial charge in [0.05, 0.1) is 5.03 Å². The van der Waals surface area contributed by atoms with E-state index >= 15 is 0 Å². The van der Waals surface area contributed by atoms with Gasteiger partial charge in [0.2, 0.25) is 5.88 Å². The van der Waals surface area contributed by atoms with Crippen molar-refractivity contribution in [1.82, 2.24) is 24.6 Å². The number of thiazole rings is 1. The highest BCUT2D eigenvalue weighted by molar-refractivity contribution is 8.01. The highest BCUT2D eigenvalue weighted by Crippen LogP contribution is 2.42. The molecule has 13 nitrogen and oxygen atoms in total. The molecule has 0 saturated carbocycles. The number of oxime groups is 1. The smallest absolute Gasteiger partial charge is 0.449 e. The predicted molar refractivity (Wildman–Crippen MR) is 142 cm³/mol. The topological polar surface area (TPSA) is 174 Å². The number of carboxylic acid groups (broad SMARTS) is 1. The Morgan fingerprint density at radius 2 is 2.24 bits per heavy atom. The third-order valence-electron chi connectivity index (χ3n) is 5.51. The second-order valence-electron chi connectivity index (χ2n) is 7.87. The first-order valence-corrected chi connectivity index (χ1v) is 14.1. The molecule has 1 saturated heterocycles. The van der Waals surface area contributed by atoms with Crippen LogP contribution in [-0.2, 0) is 19.2 Å². The summed E-state index contributed by atoms with van der Waals surface area (Å²) in [4.78, 5) is 52.3. The molecular formula is C22H21N7O6S3. The number of nitrogen functional groups attached to an aromatic ring is 1. The molecule has 2 amide bonds. The Kier molecular flexibility index (Phi) is 7.44. The number of nitrogens with one attached hydrogen (secondary N) is 1. The summed E-state index contributed by atoms with van der Waals surface area (Å²) in [5.41, 5.74) is 7.22. The lowest BCUT2D eigenvalue weighted by Crippen LogP contribution is -2.70. The zero-order valence-electron chi connectivity index (χ0n) is 19.8. The molecule has 0 bridgehead atoms. The molecule has 16 heteroatoms. The first-order valence-electron chi connectivity index (χ1n) is 11.2. The summed E-state index contributed by atoms with van der Waals surface area (Å²) in [6.45, 7) is 1.93. The van der Waals surface area contributed by atoms with Gasteiger partial charge in [0.1, 0.15) is 29.4 Å². The molecule has 1 fully saturated rings. The standard InChI is InChI=1S/C22H21N7O6S3/c1-2-34-27-15(12-10-38-21(23)25-12)17(30)26-16-18(31)29-19(35-22(32)33)11(9-37-20(16)29)8-36-14-5-3-4-13-24-6-7-28(13)14/h3-7,10,16,20H,2,8-9H2,1H3,(H2,23,25)(H,26,30)(H,32,33)/b27-15-/t16-,20+/m1/s1. The lowest BCUT2D eigenvalue weighted by Gasteiger charge is -2.49. The maximum atomic E-state index is 13.1. The number of hydrogen-bond donors (Lipinski definition) is 3. The molecule has 2 aliphatic rings. The van der Waals surface area contributed by atoms with E-state index in [1.54, 1.807) is 18.5 Å². The van der Waals surface area contributed by atoms with E-state index in [-0.39, 0.29) is 29.0 Å². The number of aromatic nitrogens is 3. The van der Waals surface area contributed by atoms with E-state index < -0.39 is 29.4 Å². The summed E-state index contributed by atoms with van der Waals surface area (Å²) in [6, 6.07) is 4.77. The van der Waals surface area contributed by atoms with Crippen molar-refractivity contribution in [3.05, 3.63) is 53.1 Å². The molecule has 4 N–H and O–H groups in total. The van der Waals surface area contributed by atoms with Gasteiger partial charge in [-0.2, -0.15) is 0 Å². The van der Waals surface area contributed by atoms with Crippen molar-refractivity contribution in [1.29, 1.82) is 0 Å². The van der Waals surface area contributed by atoms with Crippen molar-refractivity contribution in [3.63, 3.8) is 0 Å². The Balaban J connectivity index is 1.33. The molecule has 0 aromatic carbocycles. The van der Waals surface area contributed by atoms with Gasteiger partial charge in [-0.05, 0) is 19.1 Å². The number of anilines is 1. The number of rotatable bonds is 9. The molecule has 0 aliphatic carbocycles. The molecular weight excluding hydrogens is 554 g/mol. The van der Waals surface area contributed by atoms with Gasteiger partial charge in [-0.1, -0.05) is 11.2 Å². The van der Waals surface area contributed by atoms with E-state index in [1.807, 2.05) is 28.8 Å². The van der Waals surface area contributed by atoms with Crippen molar-refractivity contribution < 1.29 is 29.1 Å². The Morgan fingerprint density at radius 3 is 2.97 bits per heavy atom. The average molecular weight is 576 g/mol. The zero-order chi connectivity index (χ0) is 26.8. The number of carbonyl (C=O) groups is 3. The number of fused-ring (bicyclic) bond motifs is 2. The molecule has 0 unspecified atom stereocenters. The monoisotopic (exact) mass is 575 g/mol. The molecule has 3 aromatic heterocycles. The fourth-order valence-corrected chi connectivity index (χ4v) is 6.86. The largest absolute Gasteiger partial charge is 0.512 e. The minimum atomic E-state index is -1.53. The maximum Gasteiger partial charge on any atom is 0.512 e. The highest BCUT2D eigenvalue weighted by Gasteiger charge is 2.54. The van der Waals surface area contributed by atoms with E-state index in [9.17, 15) is 19.5 Å². The Bertz CT molecular complexity index is 1470. The van der Waals surface area contributed by atoms with Crippen molar-refractivity contribution in [3.8, 4) is 0 Å². The SMILES string of the molecule is CCO/N=C(\C(=O)N[C@@H]1C(=O)N2C(OC(=O)O)=C(CSc3cccc4nccn34)CS[C@@H]12)c1csc(N)n1. The van der Waals surface area contributed by atoms with Crippen LogP contribution in [0.1, 0.15) is 12.6 Å². The summed E-state index contributed by atoms with van der Waals surface area (Å²) in [5.74, 6) is -0.408. The van der Waals surface area contributed by atoms with Gasteiger partial charge >= 0.3 is 6.16 Å². The van der Waals surface area contributed by atoms with E-state index in [4.69, 9.17) is 15.3 Å².